The zero-order chi connectivity index (χ0) is 11.0. The van der Waals surface area contributed by atoms with Gasteiger partial charge in [0.25, 0.3) is 0 Å². The molecule has 0 atom stereocenters. The van der Waals surface area contributed by atoms with E-state index in [0.717, 1.165) is 16.7 Å². The van der Waals surface area contributed by atoms with Crippen LogP contribution in [-0.2, 0) is 0 Å². The van der Waals surface area contributed by atoms with Crippen LogP contribution in [0.2, 0.25) is 0 Å². The molecule has 16 heavy (non-hydrogen) atoms. The highest BCUT2D eigenvalue weighted by Gasteiger charge is 2.05. The van der Waals surface area contributed by atoms with E-state index in [1.54, 1.807) is 6.33 Å². The number of para-hydroxylation sites is 3. The Kier molecular flexibility index (Phi) is 1.90. The van der Waals surface area contributed by atoms with Crippen LogP contribution in [0.15, 0.2) is 48.8 Å². The summed E-state index contributed by atoms with van der Waals surface area (Å²) in [5.41, 5.74) is 9.46. The fraction of sp³-hybridized carbons (Fsp3) is 0. The average molecular weight is 208 g/mol. The largest absolute Gasteiger partial charge is 0.397 e. The second kappa shape index (κ2) is 3.38. The lowest BCUT2D eigenvalue weighted by Crippen LogP contribution is -1.97. The van der Waals surface area contributed by atoms with E-state index in [-0.39, 0.29) is 0 Å². The van der Waals surface area contributed by atoms with Crippen molar-refractivity contribution in [3.05, 3.63) is 54.9 Å². The van der Waals surface area contributed by atoms with Crippen LogP contribution in [-0.4, -0.2) is 9.55 Å². The predicted octanol–water partition coefficient (Wildman–Crippen LogP) is 2.41. The predicted molar refractivity (Wildman–Crippen MR) is 64.3 cm³/mol. The quantitative estimate of drug-likeness (QED) is 0.624. The number of anilines is 1. The van der Waals surface area contributed by atoms with Crippen LogP contribution in [0.3, 0.4) is 0 Å². The van der Waals surface area contributed by atoms with Gasteiger partial charge < -0.3 is 5.73 Å². The van der Waals surface area contributed by atoms with Gasteiger partial charge in [0.2, 0.25) is 0 Å². The zero-order valence-corrected chi connectivity index (χ0v) is 8.59. The molecule has 2 N–H and O–H groups in total. The highest BCUT2D eigenvalue weighted by molar-refractivity contribution is 5.78. The normalized spacial score (nSPS) is 10.8. The summed E-state index contributed by atoms with van der Waals surface area (Å²) in [6.07, 6.45) is 1.77. The van der Waals surface area contributed by atoms with E-state index >= 15 is 0 Å². The Balaban J connectivity index is 2.31. The number of nitrogens with two attached hydrogens (primary N) is 1. The van der Waals surface area contributed by atoms with Crippen molar-refractivity contribution in [3.8, 4) is 5.69 Å². The van der Waals surface area contributed by atoms with Crippen molar-refractivity contribution < 1.29 is 0 Å². The lowest BCUT2D eigenvalue weighted by molar-refractivity contribution is 1.09. The summed E-state index contributed by atoms with van der Waals surface area (Å²) in [5, 5.41) is 0. The Bertz CT molecular complexity index is 640. The summed E-state index contributed by atoms with van der Waals surface area (Å²) < 4.78 is 1.95. The van der Waals surface area contributed by atoms with Gasteiger partial charge in [0.1, 0.15) is 6.33 Å². The van der Waals surface area contributed by atoms with Crippen LogP contribution in [0, 0.1) is 6.07 Å². The molecule has 3 aromatic rings. The number of hydrogen-bond donors (Lipinski definition) is 1. The van der Waals surface area contributed by atoms with E-state index < -0.39 is 0 Å². The fourth-order valence-electron chi connectivity index (χ4n) is 1.79. The minimum atomic E-state index is 0.700. The summed E-state index contributed by atoms with van der Waals surface area (Å²) in [7, 11) is 0. The smallest absolute Gasteiger partial charge is 0.100 e. The molecule has 0 bridgehead atoms. The van der Waals surface area contributed by atoms with Crippen molar-refractivity contribution in [1.82, 2.24) is 9.55 Å². The van der Waals surface area contributed by atoms with Gasteiger partial charge in [-0.05, 0) is 18.2 Å². The lowest BCUT2D eigenvalue weighted by Gasteiger charge is -2.06. The summed E-state index contributed by atoms with van der Waals surface area (Å²) in [6, 6.07) is 16.7. The van der Waals surface area contributed by atoms with Gasteiger partial charge in [-0.25, -0.2) is 4.98 Å². The molecule has 77 valence electrons. The van der Waals surface area contributed by atoms with Gasteiger partial charge in [-0.2, -0.15) is 0 Å². The van der Waals surface area contributed by atoms with Crippen molar-refractivity contribution in [2.75, 3.05) is 5.73 Å². The van der Waals surface area contributed by atoms with Gasteiger partial charge in [0, 0.05) is 6.07 Å². The van der Waals surface area contributed by atoms with Crippen molar-refractivity contribution in [2.24, 2.45) is 0 Å². The van der Waals surface area contributed by atoms with Gasteiger partial charge in [-0.3, -0.25) is 4.57 Å². The Morgan fingerprint density at radius 3 is 2.88 bits per heavy atom. The number of rotatable bonds is 1. The third-order valence-electron chi connectivity index (χ3n) is 2.56. The highest BCUT2D eigenvalue weighted by atomic mass is 15.1. The van der Waals surface area contributed by atoms with E-state index in [0.29, 0.717) is 5.69 Å². The number of nitrogen functional groups attached to an aromatic ring is 1. The third kappa shape index (κ3) is 1.26. The molecule has 3 rings (SSSR count). The Hall–Kier alpha value is -2.29. The molecule has 0 saturated carbocycles. The van der Waals surface area contributed by atoms with Crippen molar-refractivity contribution in [1.29, 1.82) is 0 Å². The highest BCUT2D eigenvalue weighted by Crippen LogP contribution is 2.21. The molecule has 0 aliphatic carbocycles. The topological polar surface area (TPSA) is 43.8 Å². The molecule has 3 nitrogen and oxygen atoms in total. The zero-order valence-electron chi connectivity index (χ0n) is 8.59. The molecule has 0 aliphatic heterocycles. The molecule has 0 amide bonds. The Morgan fingerprint density at radius 2 is 2.00 bits per heavy atom. The van der Waals surface area contributed by atoms with Gasteiger partial charge in [-0.1, -0.05) is 24.3 Å². The first-order valence-electron chi connectivity index (χ1n) is 5.05. The summed E-state index contributed by atoms with van der Waals surface area (Å²) in [6.45, 7) is 0. The molecule has 0 fully saturated rings. The maximum Gasteiger partial charge on any atom is 0.100 e. The van der Waals surface area contributed by atoms with E-state index in [1.165, 1.54) is 0 Å². The molecule has 2 aromatic carbocycles. The molecule has 3 heteroatoms. The van der Waals surface area contributed by atoms with Crippen molar-refractivity contribution >= 4 is 16.7 Å². The number of benzene rings is 2. The minimum Gasteiger partial charge on any atom is -0.397 e. The fourth-order valence-corrected chi connectivity index (χ4v) is 1.79. The second-order valence-corrected chi connectivity index (χ2v) is 3.58. The first kappa shape index (κ1) is 8.97. The van der Waals surface area contributed by atoms with Gasteiger partial charge in [-0.15, -0.1) is 0 Å². The third-order valence-corrected chi connectivity index (χ3v) is 2.56. The van der Waals surface area contributed by atoms with Crippen LogP contribution in [0.4, 0.5) is 5.69 Å². The Labute approximate surface area is 93.1 Å². The van der Waals surface area contributed by atoms with Gasteiger partial charge in [0.15, 0.2) is 0 Å². The van der Waals surface area contributed by atoms with E-state index in [4.69, 9.17) is 5.73 Å². The molecule has 1 aromatic heterocycles. The SMILES string of the molecule is Nc1ccc[c]c1-n1cnc2ccccc21. The Morgan fingerprint density at radius 1 is 1.12 bits per heavy atom. The molecule has 0 unspecified atom stereocenters. The molecule has 1 radical (unpaired) electrons. The van der Waals surface area contributed by atoms with Crippen molar-refractivity contribution in [2.45, 2.75) is 0 Å². The molecule has 0 spiro atoms. The van der Waals surface area contributed by atoms with Crippen LogP contribution >= 0.6 is 0 Å². The van der Waals surface area contributed by atoms with Crippen LogP contribution < -0.4 is 5.73 Å². The summed E-state index contributed by atoms with van der Waals surface area (Å²) in [4.78, 5) is 4.32. The standard InChI is InChI=1S/C13H10N3/c14-10-5-1-3-7-12(10)16-9-15-11-6-2-4-8-13(11)16/h1-6,8-9H,14H2. The number of aromatic nitrogens is 2. The molecule has 0 saturated heterocycles. The van der Waals surface area contributed by atoms with Crippen LogP contribution in [0.5, 0.6) is 0 Å². The summed E-state index contributed by atoms with van der Waals surface area (Å²) in [5.74, 6) is 0. The minimum absolute atomic E-state index is 0.700. The van der Waals surface area contributed by atoms with Crippen molar-refractivity contribution in [3.63, 3.8) is 0 Å². The molecule has 0 aliphatic rings. The summed E-state index contributed by atoms with van der Waals surface area (Å²) >= 11 is 0. The second-order valence-electron chi connectivity index (χ2n) is 3.58. The number of hydrogen-bond acceptors (Lipinski definition) is 2. The van der Waals surface area contributed by atoms with E-state index in [2.05, 4.69) is 11.1 Å². The monoisotopic (exact) mass is 208 g/mol. The molecule has 1 heterocycles. The number of imidazole rings is 1. The number of nitrogens with zero attached hydrogens (tertiary/aromatic N) is 2. The maximum absolute atomic E-state index is 5.92. The van der Waals surface area contributed by atoms with Crippen LogP contribution in [0.1, 0.15) is 0 Å². The lowest BCUT2D eigenvalue weighted by atomic mass is 10.2. The van der Waals surface area contributed by atoms with Gasteiger partial charge >= 0.3 is 0 Å². The van der Waals surface area contributed by atoms with Gasteiger partial charge in [0.05, 0.1) is 22.4 Å². The first-order valence-corrected chi connectivity index (χ1v) is 5.05. The van der Waals surface area contributed by atoms with E-state index in [9.17, 15) is 0 Å². The average Bonchev–Trinajstić information content (AvgIpc) is 2.74. The first-order chi connectivity index (χ1) is 7.86. The molecular weight excluding hydrogens is 198 g/mol. The maximum atomic E-state index is 5.92. The van der Waals surface area contributed by atoms with Crippen LogP contribution in [0.25, 0.3) is 16.7 Å². The number of fused-ring (bicyclic) bond motifs is 1. The van der Waals surface area contributed by atoms with E-state index in [1.807, 2.05) is 47.0 Å². The molecular formula is C13H10N3.